The largest absolute Gasteiger partial charge is 0.461 e. The number of benzene rings is 2. The number of esters is 1. The average Bonchev–Trinajstić information content (AvgIpc) is 3.06. The van der Waals surface area contributed by atoms with Crippen molar-refractivity contribution in [3.8, 4) is 0 Å². The molecule has 3 rings (SSSR count). The molecule has 0 aliphatic heterocycles. The number of aryl methyl sites for hydroxylation is 2. The molecule has 0 unspecified atom stereocenters. The highest BCUT2D eigenvalue weighted by Crippen LogP contribution is 2.28. The van der Waals surface area contributed by atoms with Crippen LogP contribution in [0.5, 0.6) is 0 Å². The first-order valence-electron chi connectivity index (χ1n) is 9.83. The molecule has 1 aromatic heterocycles. The standard InChI is InChI=1S/C23H25BrN2O3/c1-2-29-23(27)22(26-28)15-19-18-14-17(24)12-13-21(18)25-20(19)11-7-6-10-16-8-4-3-5-9-16/h3-5,8-9,12-14,25,28H,2,6-7,10-11,15H2,1H3/b26-22-. The summed E-state index contributed by atoms with van der Waals surface area (Å²) in [5, 5.41) is 13.6. The van der Waals surface area contributed by atoms with Crippen LogP contribution in [0, 0.1) is 0 Å². The van der Waals surface area contributed by atoms with Crippen molar-refractivity contribution in [3.05, 3.63) is 69.8 Å². The number of ether oxygens (including phenoxy) is 1. The molecule has 0 aliphatic rings. The lowest BCUT2D eigenvalue weighted by Crippen LogP contribution is -2.20. The van der Waals surface area contributed by atoms with Crippen molar-refractivity contribution in [1.29, 1.82) is 0 Å². The first kappa shape index (κ1) is 21.1. The molecule has 0 amide bonds. The van der Waals surface area contributed by atoms with Gasteiger partial charge in [0.1, 0.15) is 0 Å². The molecule has 0 spiro atoms. The first-order chi connectivity index (χ1) is 14.1. The number of unbranched alkanes of at least 4 members (excludes halogenated alkanes) is 1. The molecule has 1 heterocycles. The Bertz CT molecular complexity index is 996. The SMILES string of the molecule is CCOC(=O)/C(Cc1c(CCCCc2ccccc2)[nH]c2ccc(Br)cc12)=N\O. The van der Waals surface area contributed by atoms with Gasteiger partial charge in [0.25, 0.3) is 0 Å². The zero-order chi connectivity index (χ0) is 20.6. The predicted octanol–water partition coefficient (Wildman–Crippen LogP) is 5.43. The van der Waals surface area contributed by atoms with Gasteiger partial charge < -0.3 is 14.9 Å². The van der Waals surface area contributed by atoms with Crippen molar-refractivity contribution >= 4 is 38.5 Å². The fourth-order valence-corrected chi connectivity index (χ4v) is 3.86. The molecule has 2 aromatic carbocycles. The summed E-state index contributed by atoms with van der Waals surface area (Å²) in [6, 6.07) is 16.5. The van der Waals surface area contributed by atoms with Crippen LogP contribution in [0.1, 0.15) is 36.6 Å². The topological polar surface area (TPSA) is 74.7 Å². The molecule has 6 heteroatoms. The fourth-order valence-electron chi connectivity index (χ4n) is 3.50. The minimum atomic E-state index is -0.589. The Morgan fingerprint density at radius 2 is 1.90 bits per heavy atom. The second-order valence-electron chi connectivity index (χ2n) is 6.91. The summed E-state index contributed by atoms with van der Waals surface area (Å²) in [4.78, 5) is 15.6. The number of aromatic amines is 1. The normalized spacial score (nSPS) is 11.7. The number of rotatable bonds is 9. The van der Waals surface area contributed by atoms with Crippen LogP contribution in [-0.2, 0) is 28.8 Å². The van der Waals surface area contributed by atoms with E-state index in [4.69, 9.17) is 4.74 Å². The lowest BCUT2D eigenvalue weighted by Gasteiger charge is -2.07. The van der Waals surface area contributed by atoms with Crippen molar-refractivity contribution in [3.63, 3.8) is 0 Å². The lowest BCUT2D eigenvalue weighted by molar-refractivity contribution is -0.135. The van der Waals surface area contributed by atoms with Gasteiger partial charge in [-0.05, 0) is 61.9 Å². The van der Waals surface area contributed by atoms with Crippen molar-refractivity contribution in [2.24, 2.45) is 5.16 Å². The van der Waals surface area contributed by atoms with Gasteiger partial charge in [-0.25, -0.2) is 4.79 Å². The van der Waals surface area contributed by atoms with Crippen LogP contribution < -0.4 is 0 Å². The Labute approximate surface area is 178 Å². The van der Waals surface area contributed by atoms with E-state index in [0.717, 1.165) is 52.3 Å². The Hall–Kier alpha value is -2.60. The number of H-pyrrole nitrogens is 1. The van der Waals surface area contributed by atoms with Gasteiger partial charge in [0.15, 0.2) is 5.71 Å². The number of nitrogens with zero attached hydrogens (tertiary/aromatic N) is 1. The second kappa shape index (κ2) is 10.3. The molecule has 0 fully saturated rings. The van der Waals surface area contributed by atoms with E-state index in [1.54, 1.807) is 6.92 Å². The molecule has 0 atom stereocenters. The molecular formula is C23H25BrN2O3. The second-order valence-corrected chi connectivity index (χ2v) is 7.82. The molecule has 29 heavy (non-hydrogen) atoms. The van der Waals surface area contributed by atoms with Crippen LogP contribution in [-0.4, -0.2) is 28.5 Å². The van der Waals surface area contributed by atoms with Crippen LogP contribution in [0.2, 0.25) is 0 Å². The number of halogens is 1. The van der Waals surface area contributed by atoms with E-state index in [-0.39, 0.29) is 18.7 Å². The van der Waals surface area contributed by atoms with E-state index in [9.17, 15) is 10.0 Å². The monoisotopic (exact) mass is 456 g/mol. The quantitative estimate of drug-likeness (QED) is 0.148. The van der Waals surface area contributed by atoms with E-state index in [2.05, 4.69) is 50.3 Å². The fraction of sp³-hybridized carbons (Fsp3) is 0.304. The third-order valence-corrected chi connectivity index (χ3v) is 5.41. The average molecular weight is 457 g/mol. The third kappa shape index (κ3) is 5.48. The van der Waals surface area contributed by atoms with Gasteiger partial charge in [-0.1, -0.05) is 51.4 Å². The molecule has 0 saturated heterocycles. The molecule has 3 aromatic rings. The van der Waals surface area contributed by atoms with Crippen LogP contribution in [0.3, 0.4) is 0 Å². The predicted molar refractivity (Wildman–Crippen MR) is 119 cm³/mol. The van der Waals surface area contributed by atoms with Crippen molar-refractivity contribution < 1.29 is 14.7 Å². The summed E-state index contributed by atoms with van der Waals surface area (Å²) in [7, 11) is 0. The van der Waals surface area contributed by atoms with Crippen molar-refractivity contribution in [2.45, 2.75) is 39.0 Å². The van der Waals surface area contributed by atoms with Crippen molar-refractivity contribution in [1.82, 2.24) is 4.98 Å². The maximum absolute atomic E-state index is 12.1. The van der Waals surface area contributed by atoms with Crippen molar-refractivity contribution in [2.75, 3.05) is 6.61 Å². The minimum absolute atomic E-state index is 0.0123. The molecule has 0 aliphatic carbocycles. The molecular weight excluding hydrogens is 432 g/mol. The van der Waals surface area contributed by atoms with Gasteiger partial charge in [-0.2, -0.15) is 0 Å². The summed E-state index contributed by atoms with van der Waals surface area (Å²) in [5.41, 5.74) is 4.39. The van der Waals surface area contributed by atoms with Gasteiger partial charge in [-0.15, -0.1) is 0 Å². The zero-order valence-electron chi connectivity index (χ0n) is 16.5. The number of oxime groups is 1. The highest BCUT2D eigenvalue weighted by Gasteiger charge is 2.20. The number of fused-ring (bicyclic) bond motifs is 1. The first-order valence-corrected chi connectivity index (χ1v) is 10.6. The van der Waals surface area contributed by atoms with E-state index >= 15 is 0 Å². The number of carbonyl (C=O) groups is 1. The van der Waals surface area contributed by atoms with E-state index < -0.39 is 5.97 Å². The zero-order valence-corrected chi connectivity index (χ0v) is 18.0. The van der Waals surface area contributed by atoms with Gasteiger partial charge in [0.05, 0.1) is 6.61 Å². The molecule has 152 valence electrons. The molecule has 0 saturated carbocycles. The molecule has 0 radical (unpaired) electrons. The number of hydrogen-bond acceptors (Lipinski definition) is 4. The Morgan fingerprint density at radius 3 is 2.62 bits per heavy atom. The van der Waals surface area contributed by atoms with Gasteiger partial charge in [0, 0.05) is 27.5 Å². The van der Waals surface area contributed by atoms with E-state index in [1.807, 2.05) is 24.3 Å². The summed E-state index contributed by atoms with van der Waals surface area (Å²) in [6.07, 6.45) is 4.20. The Balaban J connectivity index is 1.78. The van der Waals surface area contributed by atoms with Crippen LogP contribution in [0.15, 0.2) is 58.2 Å². The van der Waals surface area contributed by atoms with E-state index in [1.165, 1.54) is 5.56 Å². The Morgan fingerprint density at radius 1 is 1.14 bits per heavy atom. The lowest BCUT2D eigenvalue weighted by atomic mass is 10.0. The summed E-state index contributed by atoms with van der Waals surface area (Å²) < 4.78 is 5.98. The summed E-state index contributed by atoms with van der Waals surface area (Å²) in [5.74, 6) is -0.589. The summed E-state index contributed by atoms with van der Waals surface area (Å²) >= 11 is 3.52. The van der Waals surface area contributed by atoms with E-state index in [0.29, 0.717) is 0 Å². The van der Waals surface area contributed by atoms with Crippen LogP contribution in [0.25, 0.3) is 10.9 Å². The third-order valence-electron chi connectivity index (χ3n) is 4.92. The number of hydrogen-bond donors (Lipinski definition) is 2. The van der Waals surface area contributed by atoms with Crippen LogP contribution in [0.4, 0.5) is 0 Å². The van der Waals surface area contributed by atoms with Gasteiger partial charge >= 0.3 is 5.97 Å². The number of nitrogens with one attached hydrogen (secondary N) is 1. The van der Waals surface area contributed by atoms with Crippen LogP contribution >= 0.6 is 15.9 Å². The van der Waals surface area contributed by atoms with Gasteiger partial charge in [-0.3, -0.25) is 0 Å². The molecule has 2 N–H and O–H groups in total. The summed E-state index contributed by atoms with van der Waals surface area (Å²) in [6.45, 7) is 1.97. The highest BCUT2D eigenvalue weighted by molar-refractivity contribution is 9.10. The maximum atomic E-state index is 12.1. The smallest absolute Gasteiger partial charge is 0.356 e. The Kier molecular flexibility index (Phi) is 7.47. The number of carbonyl (C=O) groups excluding carboxylic acids is 1. The van der Waals surface area contributed by atoms with Gasteiger partial charge in [0.2, 0.25) is 0 Å². The molecule has 5 nitrogen and oxygen atoms in total. The molecule has 0 bridgehead atoms. The number of aromatic nitrogens is 1. The minimum Gasteiger partial charge on any atom is -0.461 e. The highest BCUT2D eigenvalue weighted by atomic mass is 79.9. The maximum Gasteiger partial charge on any atom is 0.356 e.